The Morgan fingerprint density at radius 2 is 1.82 bits per heavy atom. The van der Waals surface area contributed by atoms with E-state index < -0.39 is 15.8 Å². The van der Waals surface area contributed by atoms with Gasteiger partial charge in [0.25, 0.3) is 0 Å². The van der Waals surface area contributed by atoms with E-state index in [9.17, 15) is 12.8 Å². The van der Waals surface area contributed by atoms with Crippen LogP contribution in [0.3, 0.4) is 0 Å². The van der Waals surface area contributed by atoms with Crippen LogP contribution in [0.2, 0.25) is 0 Å². The third-order valence-electron chi connectivity index (χ3n) is 4.85. The van der Waals surface area contributed by atoms with E-state index in [0.717, 1.165) is 32.5 Å². The molecule has 2 aromatic rings. The Labute approximate surface area is 166 Å². The molecule has 1 aliphatic heterocycles. The van der Waals surface area contributed by atoms with E-state index in [2.05, 4.69) is 21.8 Å². The fourth-order valence-electron chi connectivity index (χ4n) is 3.33. The summed E-state index contributed by atoms with van der Waals surface area (Å²) in [5.41, 5.74) is 1.38. The molecule has 1 heterocycles. The van der Waals surface area contributed by atoms with E-state index in [1.54, 1.807) is 12.1 Å². The molecule has 0 bridgehead atoms. The molecule has 152 valence electrons. The van der Waals surface area contributed by atoms with Crippen molar-refractivity contribution in [1.82, 2.24) is 9.62 Å². The Bertz CT molecular complexity index is 846. The van der Waals surface area contributed by atoms with E-state index in [1.807, 2.05) is 18.2 Å². The number of rotatable bonds is 9. The quantitative estimate of drug-likeness (QED) is 0.650. The summed E-state index contributed by atoms with van der Waals surface area (Å²) in [4.78, 5) is 2.36. The zero-order valence-corrected chi connectivity index (χ0v) is 16.7. The minimum Gasteiger partial charge on any atom is -0.371 e. The average molecular weight is 407 g/mol. The molecule has 3 rings (SSSR count). The lowest BCUT2D eigenvalue weighted by Gasteiger charge is -2.33. The Hall–Kier alpha value is -1.80. The van der Waals surface area contributed by atoms with Crippen molar-refractivity contribution in [3.8, 4) is 0 Å². The Morgan fingerprint density at radius 1 is 1.07 bits per heavy atom. The molecule has 0 aliphatic carbocycles. The first-order valence-corrected chi connectivity index (χ1v) is 11.3. The van der Waals surface area contributed by atoms with Gasteiger partial charge in [-0.1, -0.05) is 48.5 Å². The van der Waals surface area contributed by atoms with E-state index >= 15 is 0 Å². The summed E-state index contributed by atoms with van der Waals surface area (Å²) in [7, 11) is -3.53. The third-order valence-corrected chi connectivity index (χ3v) is 6.18. The molecule has 1 aliphatic rings. The zero-order valence-electron chi connectivity index (χ0n) is 15.9. The highest BCUT2D eigenvalue weighted by atomic mass is 32.2. The fourth-order valence-corrected chi connectivity index (χ4v) is 4.54. The first-order chi connectivity index (χ1) is 13.5. The molecule has 0 amide bonds. The standard InChI is InChI=1S/C21H27FN2O3S/c22-20-11-5-4-10-19(20)17-28(25,26)23-12-6-7-13-24-14-15-27-21(16-24)18-8-2-1-3-9-18/h1-5,8-11,21,23H,6-7,12-17H2. The van der Waals surface area contributed by atoms with Gasteiger partial charge in [0.2, 0.25) is 10.0 Å². The normalized spacial score (nSPS) is 18.2. The SMILES string of the molecule is O=S(=O)(Cc1ccccc1F)NCCCCN1CCOC(c2ccccc2)C1. The lowest BCUT2D eigenvalue weighted by atomic mass is 10.1. The van der Waals surface area contributed by atoms with Crippen molar-refractivity contribution >= 4 is 10.0 Å². The van der Waals surface area contributed by atoms with Gasteiger partial charge in [0, 0.05) is 25.2 Å². The van der Waals surface area contributed by atoms with Crippen LogP contribution in [0.4, 0.5) is 4.39 Å². The Balaban J connectivity index is 1.37. The maximum atomic E-state index is 13.6. The van der Waals surface area contributed by atoms with Gasteiger partial charge in [0.15, 0.2) is 0 Å². The van der Waals surface area contributed by atoms with Crippen molar-refractivity contribution < 1.29 is 17.5 Å². The maximum Gasteiger partial charge on any atom is 0.215 e. The average Bonchev–Trinajstić information content (AvgIpc) is 2.70. The van der Waals surface area contributed by atoms with Crippen LogP contribution < -0.4 is 4.72 Å². The van der Waals surface area contributed by atoms with Gasteiger partial charge in [-0.25, -0.2) is 17.5 Å². The number of hydrogen-bond donors (Lipinski definition) is 1. The number of ether oxygens (including phenoxy) is 1. The summed E-state index contributed by atoms with van der Waals surface area (Å²) in [6.07, 6.45) is 1.72. The summed E-state index contributed by atoms with van der Waals surface area (Å²) in [5, 5.41) is 0. The maximum absolute atomic E-state index is 13.6. The predicted octanol–water partition coefficient (Wildman–Crippen LogP) is 3.10. The predicted molar refractivity (Wildman–Crippen MR) is 108 cm³/mol. The fraction of sp³-hybridized carbons (Fsp3) is 0.429. The van der Waals surface area contributed by atoms with Gasteiger partial charge in [0.05, 0.1) is 18.5 Å². The molecule has 1 fully saturated rings. The molecule has 28 heavy (non-hydrogen) atoms. The lowest BCUT2D eigenvalue weighted by Crippen LogP contribution is -2.39. The largest absolute Gasteiger partial charge is 0.371 e. The van der Waals surface area contributed by atoms with Crippen LogP contribution in [0, 0.1) is 5.82 Å². The van der Waals surface area contributed by atoms with Crippen LogP contribution in [-0.4, -0.2) is 46.1 Å². The summed E-state index contributed by atoms with van der Waals surface area (Å²) >= 11 is 0. The number of nitrogens with one attached hydrogen (secondary N) is 1. The Kier molecular flexibility index (Phi) is 7.56. The lowest BCUT2D eigenvalue weighted by molar-refractivity contribution is -0.0303. The number of halogens is 1. The smallest absolute Gasteiger partial charge is 0.215 e. The van der Waals surface area contributed by atoms with Crippen LogP contribution in [0.15, 0.2) is 54.6 Å². The van der Waals surface area contributed by atoms with Crippen molar-refractivity contribution in [2.75, 3.05) is 32.8 Å². The molecule has 7 heteroatoms. The summed E-state index contributed by atoms with van der Waals surface area (Å²) in [6.45, 7) is 3.71. The van der Waals surface area contributed by atoms with E-state index in [0.29, 0.717) is 13.2 Å². The van der Waals surface area contributed by atoms with E-state index in [1.165, 1.54) is 17.7 Å². The van der Waals surface area contributed by atoms with Gasteiger partial charge >= 0.3 is 0 Å². The van der Waals surface area contributed by atoms with Gasteiger partial charge in [-0.2, -0.15) is 0 Å². The molecular weight excluding hydrogens is 379 g/mol. The van der Waals surface area contributed by atoms with Crippen molar-refractivity contribution in [3.63, 3.8) is 0 Å². The number of unbranched alkanes of at least 4 members (excludes halogenated alkanes) is 1. The number of sulfonamides is 1. The first kappa shape index (κ1) is 20.9. The molecule has 1 unspecified atom stereocenters. The molecule has 0 aromatic heterocycles. The molecule has 0 saturated carbocycles. The minimum atomic E-state index is -3.53. The summed E-state index contributed by atoms with van der Waals surface area (Å²) in [6, 6.07) is 16.2. The monoisotopic (exact) mass is 406 g/mol. The molecule has 1 saturated heterocycles. The van der Waals surface area contributed by atoms with Gasteiger partial charge in [-0.3, -0.25) is 4.90 Å². The number of hydrogen-bond acceptors (Lipinski definition) is 4. The van der Waals surface area contributed by atoms with Crippen molar-refractivity contribution in [2.24, 2.45) is 0 Å². The molecule has 0 spiro atoms. The summed E-state index contributed by atoms with van der Waals surface area (Å²) < 4.78 is 46.3. The molecular formula is C21H27FN2O3S. The van der Waals surface area contributed by atoms with Crippen LogP contribution in [0.5, 0.6) is 0 Å². The van der Waals surface area contributed by atoms with Crippen molar-refractivity contribution in [3.05, 3.63) is 71.5 Å². The van der Waals surface area contributed by atoms with Crippen LogP contribution in [-0.2, 0) is 20.5 Å². The highest BCUT2D eigenvalue weighted by molar-refractivity contribution is 7.88. The van der Waals surface area contributed by atoms with Gasteiger partial charge in [0.1, 0.15) is 5.82 Å². The highest BCUT2D eigenvalue weighted by Gasteiger charge is 2.21. The van der Waals surface area contributed by atoms with Gasteiger partial charge in [-0.05, 0) is 31.0 Å². The summed E-state index contributed by atoms with van der Waals surface area (Å²) in [5.74, 6) is -0.824. The number of benzene rings is 2. The second kappa shape index (κ2) is 10.1. The minimum absolute atomic E-state index is 0.0919. The molecule has 2 aromatic carbocycles. The molecule has 1 atom stereocenters. The number of nitrogens with zero attached hydrogens (tertiary/aromatic N) is 1. The van der Waals surface area contributed by atoms with Gasteiger partial charge < -0.3 is 4.74 Å². The van der Waals surface area contributed by atoms with Crippen LogP contribution in [0.1, 0.15) is 30.1 Å². The zero-order chi connectivity index (χ0) is 19.8. The number of morpholine rings is 1. The second-order valence-electron chi connectivity index (χ2n) is 7.02. The van der Waals surface area contributed by atoms with E-state index in [4.69, 9.17) is 4.74 Å². The third kappa shape index (κ3) is 6.38. The van der Waals surface area contributed by atoms with Crippen molar-refractivity contribution in [2.45, 2.75) is 24.7 Å². The Morgan fingerprint density at radius 3 is 2.61 bits per heavy atom. The topological polar surface area (TPSA) is 58.6 Å². The van der Waals surface area contributed by atoms with Crippen LogP contribution >= 0.6 is 0 Å². The molecule has 0 radical (unpaired) electrons. The van der Waals surface area contributed by atoms with Crippen molar-refractivity contribution in [1.29, 1.82) is 0 Å². The molecule has 1 N–H and O–H groups in total. The first-order valence-electron chi connectivity index (χ1n) is 9.63. The van der Waals surface area contributed by atoms with E-state index in [-0.39, 0.29) is 17.4 Å². The molecule has 5 nitrogen and oxygen atoms in total. The van der Waals surface area contributed by atoms with Gasteiger partial charge in [-0.15, -0.1) is 0 Å². The van der Waals surface area contributed by atoms with Crippen LogP contribution in [0.25, 0.3) is 0 Å². The highest BCUT2D eigenvalue weighted by Crippen LogP contribution is 2.22. The second-order valence-corrected chi connectivity index (χ2v) is 8.83.